The average Bonchev–Trinajstić information content (AvgIpc) is 2.59. The largest absolute Gasteiger partial charge is 0.351 e. The lowest BCUT2D eigenvalue weighted by atomic mass is 10.1. The smallest absolute Gasteiger partial charge is 0.0359 e. The summed E-state index contributed by atoms with van der Waals surface area (Å²) in [5.74, 6) is 0.792. The topological polar surface area (TPSA) is 17.0 Å². The van der Waals surface area contributed by atoms with E-state index in [1.165, 1.54) is 12.1 Å². The van der Waals surface area contributed by atoms with Crippen LogP contribution in [-0.4, -0.2) is 11.1 Å². The minimum atomic E-state index is 0.792. The minimum Gasteiger partial charge on any atom is -0.351 e. The van der Waals surface area contributed by atoms with Gasteiger partial charge in [-0.15, -0.1) is 0 Å². The highest BCUT2D eigenvalue weighted by Crippen LogP contribution is 2.02. The molecule has 1 aromatic rings. The summed E-state index contributed by atoms with van der Waals surface area (Å²) in [5, 5.41) is 3.47. The number of nitrogens with zero attached hydrogens (tertiary/aromatic N) is 1. The zero-order valence-corrected chi connectivity index (χ0v) is 9.59. The Kier molecular flexibility index (Phi) is 4.74. The molecule has 0 bridgehead atoms. The summed E-state index contributed by atoms with van der Waals surface area (Å²) in [6.45, 7) is 9.87. The lowest BCUT2D eigenvalue weighted by Gasteiger charge is -2.09. The van der Waals surface area contributed by atoms with Crippen LogP contribution in [0.3, 0.4) is 0 Å². The van der Waals surface area contributed by atoms with Crippen molar-refractivity contribution < 1.29 is 0 Å². The normalized spacial score (nSPS) is 11.1. The molecule has 0 aliphatic heterocycles. The fourth-order valence-electron chi connectivity index (χ4n) is 1.53. The van der Waals surface area contributed by atoms with Crippen LogP contribution < -0.4 is 5.32 Å². The van der Waals surface area contributed by atoms with E-state index >= 15 is 0 Å². The molecule has 0 aromatic carbocycles. The van der Waals surface area contributed by atoms with Crippen LogP contribution in [0.25, 0.3) is 0 Å². The van der Waals surface area contributed by atoms with Gasteiger partial charge in [0.1, 0.15) is 0 Å². The van der Waals surface area contributed by atoms with Gasteiger partial charge in [0.2, 0.25) is 0 Å². The van der Waals surface area contributed by atoms with Crippen molar-refractivity contribution in [1.29, 1.82) is 0 Å². The molecule has 1 aromatic heterocycles. The van der Waals surface area contributed by atoms with Gasteiger partial charge < -0.3 is 9.88 Å². The summed E-state index contributed by atoms with van der Waals surface area (Å²) < 4.78 is 2.28. The Morgan fingerprint density at radius 2 is 2.21 bits per heavy atom. The minimum absolute atomic E-state index is 0.792. The zero-order chi connectivity index (χ0) is 10.4. The van der Waals surface area contributed by atoms with Crippen LogP contribution in [0.1, 0.15) is 32.9 Å². The Morgan fingerprint density at radius 3 is 2.86 bits per heavy atom. The van der Waals surface area contributed by atoms with Gasteiger partial charge in [0.15, 0.2) is 0 Å². The molecule has 0 unspecified atom stereocenters. The third kappa shape index (κ3) is 3.54. The van der Waals surface area contributed by atoms with Crippen LogP contribution in [0.5, 0.6) is 0 Å². The van der Waals surface area contributed by atoms with Crippen LogP contribution in [0.15, 0.2) is 18.3 Å². The molecule has 1 heterocycles. The first-order valence-electron chi connectivity index (χ1n) is 5.58. The molecular formula is C12H22N2. The maximum absolute atomic E-state index is 3.47. The van der Waals surface area contributed by atoms with Crippen LogP contribution in [0, 0.1) is 5.92 Å². The molecule has 0 amide bonds. The summed E-state index contributed by atoms with van der Waals surface area (Å²) in [4.78, 5) is 0. The molecule has 0 saturated carbocycles. The maximum Gasteiger partial charge on any atom is 0.0359 e. The van der Waals surface area contributed by atoms with E-state index < -0.39 is 0 Å². The van der Waals surface area contributed by atoms with Crippen molar-refractivity contribution >= 4 is 0 Å². The number of rotatable bonds is 6. The molecule has 1 rings (SSSR count). The first-order chi connectivity index (χ1) is 6.74. The van der Waals surface area contributed by atoms with E-state index in [1.807, 2.05) is 0 Å². The van der Waals surface area contributed by atoms with E-state index in [0.717, 1.165) is 25.6 Å². The summed E-state index contributed by atoms with van der Waals surface area (Å²) in [7, 11) is 0. The molecule has 1 N–H and O–H groups in total. The molecule has 14 heavy (non-hydrogen) atoms. The second-order valence-electron chi connectivity index (χ2n) is 4.14. The molecule has 0 aliphatic carbocycles. The van der Waals surface area contributed by atoms with Crippen molar-refractivity contribution in [2.45, 2.75) is 40.3 Å². The molecular weight excluding hydrogens is 172 g/mol. The van der Waals surface area contributed by atoms with Gasteiger partial charge in [-0.05, 0) is 37.9 Å². The Bertz CT molecular complexity index is 251. The first kappa shape index (κ1) is 11.3. The summed E-state index contributed by atoms with van der Waals surface area (Å²) in [5.41, 5.74) is 1.39. The Balaban J connectivity index is 2.24. The van der Waals surface area contributed by atoms with Crippen molar-refractivity contribution in [3.8, 4) is 0 Å². The number of aromatic nitrogens is 1. The number of nitrogens with one attached hydrogen (secondary N) is 1. The quantitative estimate of drug-likeness (QED) is 0.689. The van der Waals surface area contributed by atoms with E-state index in [1.54, 1.807) is 0 Å². The van der Waals surface area contributed by atoms with Crippen LogP contribution in [0.2, 0.25) is 0 Å². The van der Waals surface area contributed by atoms with E-state index in [4.69, 9.17) is 0 Å². The van der Waals surface area contributed by atoms with Gasteiger partial charge in [0.25, 0.3) is 0 Å². The van der Waals surface area contributed by atoms with Crippen molar-refractivity contribution in [1.82, 2.24) is 9.88 Å². The number of hydrogen-bond acceptors (Lipinski definition) is 1. The zero-order valence-electron chi connectivity index (χ0n) is 9.59. The van der Waals surface area contributed by atoms with Gasteiger partial charge >= 0.3 is 0 Å². The van der Waals surface area contributed by atoms with E-state index in [9.17, 15) is 0 Å². The van der Waals surface area contributed by atoms with E-state index in [-0.39, 0.29) is 0 Å². The van der Waals surface area contributed by atoms with Gasteiger partial charge in [-0.1, -0.05) is 13.8 Å². The molecule has 0 atom stereocenters. The highest BCUT2D eigenvalue weighted by molar-refractivity contribution is 5.06. The number of aryl methyl sites for hydroxylation is 1. The maximum atomic E-state index is 3.47. The lowest BCUT2D eigenvalue weighted by molar-refractivity contribution is 0.528. The monoisotopic (exact) mass is 194 g/mol. The van der Waals surface area contributed by atoms with Gasteiger partial charge in [0, 0.05) is 25.0 Å². The summed E-state index contributed by atoms with van der Waals surface area (Å²) >= 11 is 0. The SMILES string of the molecule is CCn1cccc1CNCCC(C)C. The van der Waals surface area contributed by atoms with E-state index in [0.29, 0.717) is 0 Å². The molecule has 0 spiro atoms. The highest BCUT2D eigenvalue weighted by atomic mass is 15.0. The van der Waals surface area contributed by atoms with Crippen molar-refractivity contribution in [2.75, 3.05) is 6.54 Å². The van der Waals surface area contributed by atoms with Crippen molar-refractivity contribution in [3.63, 3.8) is 0 Å². The van der Waals surface area contributed by atoms with Crippen molar-refractivity contribution in [3.05, 3.63) is 24.0 Å². The molecule has 2 nitrogen and oxygen atoms in total. The van der Waals surface area contributed by atoms with Gasteiger partial charge in [0.05, 0.1) is 0 Å². The summed E-state index contributed by atoms with van der Waals surface area (Å²) in [6, 6.07) is 4.30. The predicted octanol–water partition coefficient (Wildman–Crippen LogP) is 2.64. The second kappa shape index (κ2) is 5.86. The van der Waals surface area contributed by atoms with Crippen LogP contribution in [0.4, 0.5) is 0 Å². The first-order valence-corrected chi connectivity index (χ1v) is 5.58. The fraction of sp³-hybridized carbons (Fsp3) is 0.667. The Morgan fingerprint density at radius 1 is 1.43 bits per heavy atom. The third-order valence-corrected chi connectivity index (χ3v) is 2.47. The molecule has 2 heteroatoms. The van der Waals surface area contributed by atoms with Crippen LogP contribution >= 0.6 is 0 Å². The van der Waals surface area contributed by atoms with Gasteiger partial charge in [-0.25, -0.2) is 0 Å². The Labute approximate surface area is 87.3 Å². The fourth-order valence-corrected chi connectivity index (χ4v) is 1.53. The highest BCUT2D eigenvalue weighted by Gasteiger charge is 1.98. The second-order valence-corrected chi connectivity index (χ2v) is 4.14. The molecule has 0 aliphatic rings. The lowest BCUT2D eigenvalue weighted by Crippen LogP contribution is -2.18. The number of hydrogen-bond donors (Lipinski definition) is 1. The van der Waals surface area contributed by atoms with E-state index in [2.05, 4.69) is 49.0 Å². The van der Waals surface area contributed by atoms with Crippen molar-refractivity contribution in [2.24, 2.45) is 5.92 Å². The van der Waals surface area contributed by atoms with Crippen LogP contribution in [-0.2, 0) is 13.1 Å². The van der Waals surface area contributed by atoms with Gasteiger partial charge in [-0.3, -0.25) is 0 Å². The molecule has 0 saturated heterocycles. The molecule has 0 radical (unpaired) electrons. The molecule has 0 fully saturated rings. The van der Waals surface area contributed by atoms with Gasteiger partial charge in [-0.2, -0.15) is 0 Å². The summed E-state index contributed by atoms with van der Waals surface area (Å²) in [6.07, 6.45) is 3.40. The molecule has 80 valence electrons. The third-order valence-electron chi connectivity index (χ3n) is 2.47. The Hall–Kier alpha value is -0.760. The average molecular weight is 194 g/mol. The standard InChI is InChI=1S/C12H22N2/c1-4-14-9-5-6-12(14)10-13-8-7-11(2)3/h5-6,9,11,13H,4,7-8,10H2,1-3H3. The predicted molar refractivity (Wildman–Crippen MR) is 61.3 cm³/mol.